The Kier molecular flexibility index (Phi) is 4.56. The van der Waals surface area contributed by atoms with Crippen molar-refractivity contribution in [2.45, 2.75) is 6.54 Å². The second-order valence-electron chi connectivity index (χ2n) is 5.34. The lowest BCUT2D eigenvalue weighted by Gasteiger charge is -2.10. The SMILES string of the molecule is COc1ccccc1-c1ccc(=O)n(Cc2cccc([N+](=O)[O-])c2)n1. The fraction of sp³-hybridized carbons (Fsp3) is 0.111. The fourth-order valence-corrected chi connectivity index (χ4v) is 2.50. The molecule has 7 heteroatoms. The lowest BCUT2D eigenvalue weighted by atomic mass is 10.1. The number of nitro benzene ring substituents is 1. The molecule has 0 radical (unpaired) electrons. The van der Waals surface area contributed by atoms with Crippen molar-refractivity contribution in [3.05, 3.63) is 86.7 Å². The predicted octanol–water partition coefficient (Wildman–Crippen LogP) is 2.88. The van der Waals surface area contributed by atoms with Gasteiger partial charge in [-0.25, -0.2) is 4.68 Å². The molecule has 0 bridgehead atoms. The van der Waals surface area contributed by atoms with Gasteiger partial charge in [0.15, 0.2) is 0 Å². The Morgan fingerprint density at radius 1 is 1.12 bits per heavy atom. The Balaban J connectivity index is 1.99. The standard InChI is InChI=1S/C18H15N3O4/c1-25-17-8-3-2-7-15(17)16-9-10-18(22)20(19-16)12-13-5-4-6-14(11-13)21(23)24/h2-11H,12H2,1H3. The van der Waals surface area contributed by atoms with Gasteiger partial charge >= 0.3 is 0 Å². The zero-order valence-corrected chi connectivity index (χ0v) is 13.5. The zero-order chi connectivity index (χ0) is 17.8. The molecule has 0 aliphatic carbocycles. The third-order valence-electron chi connectivity index (χ3n) is 3.70. The number of benzene rings is 2. The van der Waals surface area contributed by atoms with Crippen LogP contribution in [0.4, 0.5) is 5.69 Å². The van der Waals surface area contributed by atoms with Crippen molar-refractivity contribution in [3.63, 3.8) is 0 Å². The van der Waals surface area contributed by atoms with Gasteiger partial charge in [-0.2, -0.15) is 5.10 Å². The quantitative estimate of drug-likeness (QED) is 0.528. The summed E-state index contributed by atoms with van der Waals surface area (Å²) in [5, 5.41) is 15.3. The van der Waals surface area contributed by atoms with E-state index in [4.69, 9.17) is 4.74 Å². The average Bonchev–Trinajstić information content (AvgIpc) is 2.63. The van der Waals surface area contributed by atoms with E-state index >= 15 is 0 Å². The third-order valence-corrected chi connectivity index (χ3v) is 3.70. The summed E-state index contributed by atoms with van der Waals surface area (Å²) in [5.74, 6) is 0.649. The lowest BCUT2D eigenvalue weighted by molar-refractivity contribution is -0.384. The Hall–Kier alpha value is -3.48. The number of ether oxygens (including phenoxy) is 1. The summed E-state index contributed by atoms with van der Waals surface area (Å²) >= 11 is 0. The molecule has 3 rings (SSSR count). The minimum absolute atomic E-state index is 0.0218. The molecule has 0 aliphatic heterocycles. The van der Waals surface area contributed by atoms with Gasteiger partial charge in [-0.15, -0.1) is 0 Å². The van der Waals surface area contributed by atoms with Crippen LogP contribution in [0.15, 0.2) is 65.5 Å². The molecule has 7 nitrogen and oxygen atoms in total. The Morgan fingerprint density at radius 3 is 2.68 bits per heavy atom. The lowest BCUT2D eigenvalue weighted by Crippen LogP contribution is -2.22. The van der Waals surface area contributed by atoms with E-state index in [2.05, 4.69) is 5.10 Å². The number of hydrogen-bond donors (Lipinski definition) is 0. The second-order valence-corrected chi connectivity index (χ2v) is 5.34. The first kappa shape index (κ1) is 16.4. The maximum Gasteiger partial charge on any atom is 0.269 e. The van der Waals surface area contributed by atoms with Gasteiger partial charge in [-0.1, -0.05) is 24.3 Å². The van der Waals surface area contributed by atoms with Gasteiger partial charge in [-0.3, -0.25) is 14.9 Å². The van der Waals surface area contributed by atoms with Crippen LogP contribution in [0.2, 0.25) is 0 Å². The van der Waals surface area contributed by atoms with Crippen LogP contribution in [0.3, 0.4) is 0 Å². The first-order chi connectivity index (χ1) is 12.1. The van der Waals surface area contributed by atoms with Gasteiger partial charge in [0.25, 0.3) is 11.2 Å². The van der Waals surface area contributed by atoms with Crippen LogP contribution in [0.1, 0.15) is 5.56 Å². The van der Waals surface area contributed by atoms with Crippen molar-refractivity contribution in [3.8, 4) is 17.0 Å². The highest BCUT2D eigenvalue weighted by Gasteiger charge is 2.10. The molecule has 0 N–H and O–H groups in total. The number of rotatable bonds is 5. The topological polar surface area (TPSA) is 87.3 Å². The van der Waals surface area contributed by atoms with Gasteiger partial charge in [0.1, 0.15) is 5.75 Å². The molecule has 1 heterocycles. The minimum Gasteiger partial charge on any atom is -0.496 e. The van der Waals surface area contributed by atoms with E-state index in [0.717, 1.165) is 5.56 Å². The number of nitrogens with zero attached hydrogens (tertiary/aromatic N) is 3. The number of hydrogen-bond acceptors (Lipinski definition) is 5. The van der Waals surface area contributed by atoms with Gasteiger partial charge < -0.3 is 4.74 Å². The van der Waals surface area contributed by atoms with Crippen molar-refractivity contribution in [2.75, 3.05) is 7.11 Å². The Morgan fingerprint density at radius 2 is 1.92 bits per heavy atom. The summed E-state index contributed by atoms with van der Waals surface area (Å²) in [7, 11) is 1.57. The van der Waals surface area contributed by atoms with Crippen LogP contribution in [-0.4, -0.2) is 21.8 Å². The molecule has 0 saturated carbocycles. The molecule has 1 aromatic heterocycles. The molecule has 0 saturated heterocycles. The van der Waals surface area contributed by atoms with E-state index in [-0.39, 0.29) is 17.8 Å². The van der Waals surface area contributed by atoms with Gasteiger partial charge in [-0.05, 0) is 23.8 Å². The summed E-state index contributed by atoms with van der Waals surface area (Å²) in [6, 6.07) is 16.6. The molecule has 0 fully saturated rings. The number of aromatic nitrogens is 2. The molecule has 0 atom stereocenters. The number of nitro groups is 1. The molecule has 25 heavy (non-hydrogen) atoms. The van der Waals surface area contributed by atoms with Crippen molar-refractivity contribution in [2.24, 2.45) is 0 Å². The smallest absolute Gasteiger partial charge is 0.269 e. The second kappa shape index (κ2) is 6.96. The van der Waals surface area contributed by atoms with Gasteiger partial charge in [0.05, 0.1) is 24.3 Å². The summed E-state index contributed by atoms with van der Waals surface area (Å²) < 4.78 is 6.61. The maximum atomic E-state index is 12.1. The Labute approximate surface area is 143 Å². The van der Waals surface area contributed by atoms with Crippen LogP contribution in [0.5, 0.6) is 5.75 Å². The van der Waals surface area contributed by atoms with Gasteiger partial charge in [0, 0.05) is 23.8 Å². The average molecular weight is 337 g/mol. The number of para-hydroxylation sites is 1. The molecular formula is C18H15N3O4. The largest absolute Gasteiger partial charge is 0.496 e. The van der Waals surface area contributed by atoms with Crippen LogP contribution >= 0.6 is 0 Å². The van der Waals surface area contributed by atoms with E-state index in [1.54, 1.807) is 25.3 Å². The van der Waals surface area contributed by atoms with E-state index in [1.807, 2.05) is 24.3 Å². The molecular weight excluding hydrogens is 322 g/mol. The van der Waals surface area contributed by atoms with E-state index < -0.39 is 4.92 Å². The summed E-state index contributed by atoms with van der Waals surface area (Å²) in [6.07, 6.45) is 0. The van der Waals surface area contributed by atoms with E-state index in [0.29, 0.717) is 17.0 Å². The zero-order valence-electron chi connectivity index (χ0n) is 13.5. The first-order valence-electron chi connectivity index (χ1n) is 7.53. The molecule has 126 valence electrons. The van der Waals surface area contributed by atoms with Crippen LogP contribution in [0, 0.1) is 10.1 Å². The minimum atomic E-state index is -0.467. The summed E-state index contributed by atoms with van der Waals surface area (Å²) in [5.41, 5.74) is 1.66. The van der Waals surface area contributed by atoms with Crippen LogP contribution in [0.25, 0.3) is 11.3 Å². The normalized spacial score (nSPS) is 10.4. The van der Waals surface area contributed by atoms with Crippen LogP contribution in [-0.2, 0) is 6.54 Å². The number of non-ortho nitro benzene ring substituents is 1. The third kappa shape index (κ3) is 3.55. The number of methoxy groups -OCH3 is 1. The highest BCUT2D eigenvalue weighted by Crippen LogP contribution is 2.27. The van der Waals surface area contributed by atoms with E-state index in [9.17, 15) is 14.9 Å². The summed E-state index contributed by atoms with van der Waals surface area (Å²) in [6.45, 7) is 0.142. The Bertz CT molecular complexity index is 982. The molecule has 0 aliphatic rings. The fourth-order valence-electron chi connectivity index (χ4n) is 2.50. The van der Waals surface area contributed by atoms with Crippen LogP contribution < -0.4 is 10.3 Å². The highest BCUT2D eigenvalue weighted by atomic mass is 16.6. The van der Waals surface area contributed by atoms with Crippen molar-refractivity contribution in [1.82, 2.24) is 9.78 Å². The monoisotopic (exact) mass is 337 g/mol. The maximum absolute atomic E-state index is 12.1. The van der Waals surface area contributed by atoms with Gasteiger partial charge in [0.2, 0.25) is 0 Å². The highest BCUT2D eigenvalue weighted by molar-refractivity contribution is 5.66. The molecule has 3 aromatic rings. The van der Waals surface area contributed by atoms with Crippen molar-refractivity contribution < 1.29 is 9.66 Å². The molecule has 0 amide bonds. The molecule has 0 spiro atoms. The van der Waals surface area contributed by atoms with Crippen molar-refractivity contribution >= 4 is 5.69 Å². The van der Waals surface area contributed by atoms with E-state index in [1.165, 1.54) is 22.9 Å². The summed E-state index contributed by atoms with van der Waals surface area (Å²) in [4.78, 5) is 22.5. The molecule has 0 unspecified atom stereocenters. The van der Waals surface area contributed by atoms with Crippen molar-refractivity contribution in [1.29, 1.82) is 0 Å². The predicted molar refractivity (Wildman–Crippen MR) is 92.7 cm³/mol. The molecule has 2 aromatic carbocycles. The first-order valence-corrected chi connectivity index (χ1v) is 7.53.